The monoisotopic (exact) mass is 446 g/mol. The van der Waals surface area contributed by atoms with Gasteiger partial charge >= 0.3 is 5.97 Å². The fourth-order valence-electron chi connectivity index (χ4n) is 2.58. The molecule has 0 aliphatic carbocycles. The number of hydrogen-bond acceptors (Lipinski definition) is 7. The lowest BCUT2D eigenvalue weighted by Crippen LogP contribution is -2.23. The zero-order valence-electron chi connectivity index (χ0n) is 16.3. The van der Waals surface area contributed by atoms with E-state index in [9.17, 15) is 9.59 Å². The van der Waals surface area contributed by atoms with Gasteiger partial charge in [-0.05, 0) is 24.3 Å². The Morgan fingerprint density at radius 1 is 1.10 bits per heavy atom. The smallest absolute Gasteiger partial charge is 0.344 e. The summed E-state index contributed by atoms with van der Waals surface area (Å²) in [4.78, 5) is 30.1. The van der Waals surface area contributed by atoms with Gasteiger partial charge in [0, 0.05) is 12.3 Å². The number of nitrogens with zero attached hydrogens (tertiary/aromatic N) is 2. The topological polar surface area (TPSA) is 78.0 Å². The zero-order valence-corrected chi connectivity index (χ0v) is 17.9. The van der Waals surface area contributed by atoms with Crippen LogP contribution in [0.15, 0.2) is 53.9 Å². The van der Waals surface area contributed by atoms with Crippen LogP contribution in [0.2, 0.25) is 5.02 Å². The van der Waals surface area contributed by atoms with Gasteiger partial charge in [-0.3, -0.25) is 9.69 Å². The Morgan fingerprint density at radius 3 is 2.50 bits per heavy atom. The maximum absolute atomic E-state index is 12.3. The number of halogens is 1. The van der Waals surface area contributed by atoms with Gasteiger partial charge in [-0.25, -0.2) is 9.78 Å². The Morgan fingerprint density at radius 2 is 1.80 bits per heavy atom. The number of carbonyl (C=O) groups excluding carboxylic acids is 2. The van der Waals surface area contributed by atoms with E-state index in [1.165, 1.54) is 30.3 Å². The molecule has 9 heteroatoms. The molecule has 1 aromatic heterocycles. The van der Waals surface area contributed by atoms with Gasteiger partial charge in [-0.1, -0.05) is 35.9 Å². The Bertz CT molecular complexity index is 1040. The number of rotatable bonds is 8. The molecule has 30 heavy (non-hydrogen) atoms. The van der Waals surface area contributed by atoms with Crippen LogP contribution in [0.5, 0.6) is 11.5 Å². The molecule has 156 valence electrons. The molecular weight excluding hydrogens is 428 g/mol. The van der Waals surface area contributed by atoms with Gasteiger partial charge in [-0.15, -0.1) is 11.3 Å². The third kappa shape index (κ3) is 5.28. The highest BCUT2D eigenvalue weighted by Crippen LogP contribution is 2.35. The van der Waals surface area contributed by atoms with Crippen LogP contribution in [0.25, 0.3) is 0 Å². The number of methoxy groups -OCH3 is 1. The van der Waals surface area contributed by atoms with Crippen molar-refractivity contribution in [3.63, 3.8) is 0 Å². The standard InChI is InChI=1S/C21H19ClN2O5S/c1-14(25)24(17-8-4-6-10-19(17)27-2)21-23-15(13-30-21)11-29-20(26)12-28-18-9-5-3-7-16(18)22/h3-10,13H,11-12H2,1-2H3. The number of para-hydroxylation sites is 3. The largest absolute Gasteiger partial charge is 0.495 e. The average Bonchev–Trinajstić information content (AvgIpc) is 3.20. The molecule has 1 amide bonds. The lowest BCUT2D eigenvalue weighted by atomic mass is 10.2. The summed E-state index contributed by atoms with van der Waals surface area (Å²) in [6.45, 7) is 1.12. The molecule has 0 atom stereocenters. The van der Waals surface area contributed by atoms with Crippen molar-refractivity contribution in [2.24, 2.45) is 0 Å². The van der Waals surface area contributed by atoms with Crippen LogP contribution < -0.4 is 14.4 Å². The van der Waals surface area contributed by atoms with E-state index in [-0.39, 0.29) is 19.1 Å². The minimum Gasteiger partial charge on any atom is -0.495 e. The minimum absolute atomic E-state index is 0.0428. The number of benzene rings is 2. The molecule has 0 spiro atoms. The first-order valence-corrected chi connectivity index (χ1v) is 10.2. The quantitative estimate of drug-likeness (QED) is 0.470. The fourth-order valence-corrected chi connectivity index (χ4v) is 3.64. The lowest BCUT2D eigenvalue weighted by molar-refractivity contribution is -0.147. The number of hydrogen-bond donors (Lipinski definition) is 0. The molecule has 2 aromatic carbocycles. The number of carbonyl (C=O) groups is 2. The molecule has 3 aromatic rings. The van der Waals surface area contributed by atoms with Crippen molar-refractivity contribution in [1.29, 1.82) is 0 Å². The molecule has 0 bridgehead atoms. The molecule has 3 rings (SSSR count). The summed E-state index contributed by atoms with van der Waals surface area (Å²) in [5, 5.41) is 2.59. The Balaban J connectivity index is 1.63. The predicted molar refractivity (Wildman–Crippen MR) is 115 cm³/mol. The second-order valence-electron chi connectivity index (χ2n) is 6.03. The van der Waals surface area contributed by atoms with Gasteiger partial charge < -0.3 is 14.2 Å². The van der Waals surface area contributed by atoms with Gasteiger partial charge in [0.1, 0.15) is 18.1 Å². The van der Waals surface area contributed by atoms with Crippen molar-refractivity contribution in [2.75, 3.05) is 18.6 Å². The van der Waals surface area contributed by atoms with Crippen molar-refractivity contribution in [1.82, 2.24) is 4.98 Å². The van der Waals surface area contributed by atoms with Gasteiger partial charge in [0.15, 0.2) is 11.7 Å². The fraction of sp³-hybridized carbons (Fsp3) is 0.190. The van der Waals surface area contributed by atoms with Crippen molar-refractivity contribution in [3.05, 3.63) is 64.6 Å². The Labute approximate surface area is 182 Å². The SMILES string of the molecule is COc1ccccc1N(C(C)=O)c1nc(COC(=O)COc2ccccc2Cl)cs1. The summed E-state index contributed by atoms with van der Waals surface area (Å²) >= 11 is 7.25. The summed E-state index contributed by atoms with van der Waals surface area (Å²) < 4.78 is 15.9. The van der Waals surface area contributed by atoms with Gasteiger partial charge in [0.05, 0.1) is 23.5 Å². The third-order valence-electron chi connectivity index (χ3n) is 3.94. The summed E-state index contributed by atoms with van der Waals surface area (Å²) in [5.74, 6) is 0.178. The molecule has 0 aliphatic rings. The van der Waals surface area contributed by atoms with Crippen LogP contribution in [-0.2, 0) is 20.9 Å². The molecule has 0 unspecified atom stereocenters. The summed E-state index contributed by atoms with van der Waals surface area (Å²) in [5.41, 5.74) is 1.10. The molecule has 7 nitrogen and oxygen atoms in total. The summed E-state index contributed by atoms with van der Waals surface area (Å²) in [7, 11) is 1.54. The maximum Gasteiger partial charge on any atom is 0.344 e. The van der Waals surface area contributed by atoms with Crippen molar-refractivity contribution in [2.45, 2.75) is 13.5 Å². The first kappa shape index (κ1) is 21.6. The highest BCUT2D eigenvalue weighted by Gasteiger charge is 2.21. The number of anilines is 2. The van der Waals surface area contributed by atoms with Crippen molar-refractivity contribution < 1.29 is 23.8 Å². The zero-order chi connectivity index (χ0) is 21.5. The number of amides is 1. The van der Waals surface area contributed by atoms with Gasteiger partial charge in [0.25, 0.3) is 0 Å². The highest BCUT2D eigenvalue weighted by atomic mass is 35.5. The van der Waals surface area contributed by atoms with Crippen molar-refractivity contribution >= 4 is 45.6 Å². The summed E-state index contributed by atoms with van der Waals surface area (Å²) in [6.07, 6.45) is 0. The minimum atomic E-state index is -0.558. The third-order valence-corrected chi connectivity index (χ3v) is 5.12. The van der Waals surface area contributed by atoms with Crippen LogP contribution >= 0.6 is 22.9 Å². The maximum atomic E-state index is 12.3. The first-order valence-electron chi connectivity index (χ1n) is 8.90. The van der Waals surface area contributed by atoms with Gasteiger partial charge in [0.2, 0.25) is 5.91 Å². The Kier molecular flexibility index (Phi) is 7.26. The molecule has 0 radical (unpaired) electrons. The van der Waals surface area contributed by atoms with E-state index in [1.54, 1.807) is 41.8 Å². The van der Waals surface area contributed by atoms with E-state index in [2.05, 4.69) is 4.98 Å². The molecule has 1 heterocycles. The average molecular weight is 447 g/mol. The lowest BCUT2D eigenvalue weighted by Gasteiger charge is -2.20. The number of esters is 1. The van der Waals surface area contributed by atoms with Crippen LogP contribution in [0.3, 0.4) is 0 Å². The van der Waals surface area contributed by atoms with Gasteiger partial charge in [-0.2, -0.15) is 0 Å². The van der Waals surface area contributed by atoms with E-state index in [1.807, 2.05) is 12.1 Å². The second-order valence-corrected chi connectivity index (χ2v) is 7.27. The van der Waals surface area contributed by atoms with Crippen molar-refractivity contribution in [3.8, 4) is 11.5 Å². The molecule has 0 saturated heterocycles. The van der Waals surface area contributed by atoms with Crippen LogP contribution in [-0.4, -0.2) is 30.6 Å². The molecule has 0 aliphatic heterocycles. The number of aromatic nitrogens is 1. The van der Waals surface area contributed by atoms with E-state index >= 15 is 0 Å². The van der Waals surface area contributed by atoms with E-state index in [4.69, 9.17) is 25.8 Å². The Hall–Kier alpha value is -3.10. The normalized spacial score (nSPS) is 10.4. The van der Waals surface area contributed by atoms with E-state index in [0.29, 0.717) is 33.0 Å². The van der Waals surface area contributed by atoms with Crippen LogP contribution in [0.4, 0.5) is 10.8 Å². The van der Waals surface area contributed by atoms with E-state index < -0.39 is 5.97 Å². The second kappa shape index (κ2) is 10.1. The highest BCUT2D eigenvalue weighted by molar-refractivity contribution is 7.14. The molecular formula is C21H19ClN2O5S. The molecule has 0 saturated carbocycles. The molecule has 0 N–H and O–H groups in total. The van der Waals surface area contributed by atoms with E-state index in [0.717, 1.165) is 0 Å². The van der Waals surface area contributed by atoms with Crippen LogP contribution in [0, 0.1) is 0 Å². The predicted octanol–water partition coefficient (Wildman–Crippen LogP) is 4.61. The number of ether oxygens (including phenoxy) is 3. The first-order chi connectivity index (χ1) is 14.5. The van der Waals surface area contributed by atoms with Crippen LogP contribution in [0.1, 0.15) is 12.6 Å². The number of thiazole rings is 1. The molecule has 0 fully saturated rings. The summed E-state index contributed by atoms with van der Waals surface area (Å²) in [6, 6.07) is 14.0.